The lowest BCUT2D eigenvalue weighted by Crippen LogP contribution is -2.53. The normalized spacial score (nSPS) is 21.3. The Hall–Kier alpha value is -2.90. The van der Waals surface area contributed by atoms with Gasteiger partial charge in [0.05, 0.1) is 5.28 Å². The van der Waals surface area contributed by atoms with Gasteiger partial charge in [-0.15, -0.1) is 11.8 Å². The van der Waals surface area contributed by atoms with Gasteiger partial charge in [0.25, 0.3) is 0 Å². The minimum Gasteiger partial charge on any atom is -0.300 e. The largest absolute Gasteiger partial charge is 0.300 e. The van der Waals surface area contributed by atoms with Crippen molar-refractivity contribution in [1.29, 1.82) is 0 Å². The zero-order valence-corrected chi connectivity index (χ0v) is 38.3. The first-order chi connectivity index (χ1) is 26.2. The monoisotopic (exact) mass is 781 g/mol. The second-order valence-corrected chi connectivity index (χ2v) is 24.6. The van der Waals surface area contributed by atoms with E-state index in [1.54, 1.807) is 22.3 Å². The summed E-state index contributed by atoms with van der Waals surface area (Å²) in [7, 11) is -1.01. The molecular formula is C53H68NPS. The van der Waals surface area contributed by atoms with E-state index in [1.807, 2.05) is 11.8 Å². The maximum Gasteiger partial charge on any atom is 0.0873 e. The van der Waals surface area contributed by atoms with E-state index in [0.717, 1.165) is 25.1 Å². The molecule has 0 amide bonds. The lowest BCUT2D eigenvalue weighted by molar-refractivity contribution is 0.444. The highest BCUT2D eigenvalue weighted by molar-refractivity contribution is 7.99. The van der Waals surface area contributed by atoms with Gasteiger partial charge in [0.2, 0.25) is 0 Å². The third-order valence-corrected chi connectivity index (χ3v) is 16.6. The summed E-state index contributed by atoms with van der Waals surface area (Å²) in [6.45, 7) is 29.7. The van der Waals surface area contributed by atoms with Gasteiger partial charge in [-0.25, -0.2) is 0 Å². The van der Waals surface area contributed by atoms with Crippen LogP contribution in [-0.4, -0.2) is 17.6 Å². The Morgan fingerprint density at radius 3 is 1.64 bits per heavy atom. The average molecular weight is 782 g/mol. The lowest BCUT2D eigenvalue weighted by Gasteiger charge is -2.50. The predicted molar refractivity (Wildman–Crippen MR) is 248 cm³/mol. The summed E-state index contributed by atoms with van der Waals surface area (Å²) in [4.78, 5) is 1.34. The van der Waals surface area contributed by atoms with Gasteiger partial charge in [-0.05, 0) is 123 Å². The smallest absolute Gasteiger partial charge is 0.0873 e. The molecule has 4 aromatic carbocycles. The first kappa shape index (κ1) is 41.3. The van der Waals surface area contributed by atoms with Crippen LogP contribution < -0.4 is 15.9 Å². The molecule has 2 atom stereocenters. The number of hydrogen-bond acceptors (Lipinski definition) is 2. The molecule has 1 N–H and O–H groups in total. The van der Waals surface area contributed by atoms with E-state index in [1.165, 1.54) is 57.0 Å². The van der Waals surface area contributed by atoms with Crippen LogP contribution in [0.25, 0.3) is 0 Å². The van der Waals surface area contributed by atoms with Crippen LogP contribution in [-0.2, 0) is 33.5 Å². The minimum atomic E-state index is -1.01. The summed E-state index contributed by atoms with van der Waals surface area (Å²) in [6, 6.07) is 36.0. The number of rotatable bonds is 8. The Bertz CT molecular complexity index is 1990. The van der Waals surface area contributed by atoms with Crippen molar-refractivity contribution >= 4 is 30.3 Å². The van der Waals surface area contributed by atoms with Gasteiger partial charge in [-0.1, -0.05) is 180 Å². The molecule has 3 aliphatic carbocycles. The third-order valence-electron chi connectivity index (χ3n) is 12.8. The number of allylic oxidation sites excluding steroid dienone is 2. The number of aryl methyl sites for hydroxylation is 1. The highest BCUT2D eigenvalue weighted by atomic mass is 32.2. The van der Waals surface area contributed by atoms with Crippen LogP contribution in [0.5, 0.6) is 0 Å². The van der Waals surface area contributed by atoms with Crippen molar-refractivity contribution in [2.24, 2.45) is 0 Å². The number of fused-ring (bicyclic) bond motifs is 3. The Kier molecular flexibility index (Phi) is 11.1. The van der Waals surface area contributed by atoms with Gasteiger partial charge in [0.1, 0.15) is 0 Å². The zero-order valence-electron chi connectivity index (χ0n) is 36.6. The summed E-state index contributed by atoms with van der Waals surface area (Å²) in [6.07, 6.45) is 11.1. The van der Waals surface area contributed by atoms with Crippen LogP contribution in [0.2, 0.25) is 0 Å². The van der Waals surface area contributed by atoms with Crippen molar-refractivity contribution < 1.29 is 0 Å². The van der Waals surface area contributed by atoms with Crippen molar-refractivity contribution in [2.45, 2.75) is 152 Å². The molecule has 0 saturated heterocycles. The summed E-state index contributed by atoms with van der Waals surface area (Å²) in [5.74, 6) is 1.01. The topological polar surface area (TPSA) is 12.0 Å². The molecule has 0 aromatic heterocycles. The predicted octanol–water partition coefficient (Wildman–Crippen LogP) is 13.3. The van der Waals surface area contributed by atoms with Crippen molar-refractivity contribution in [3.8, 4) is 0 Å². The summed E-state index contributed by atoms with van der Waals surface area (Å²) < 4.78 is 0. The Balaban J connectivity index is 1.55. The molecule has 56 heavy (non-hydrogen) atoms. The summed E-state index contributed by atoms with van der Waals surface area (Å²) in [5.41, 5.74) is 12.4. The van der Waals surface area contributed by atoms with Crippen molar-refractivity contribution in [3.63, 3.8) is 0 Å². The first-order valence-electron chi connectivity index (χ1n) is 21.3. The fraction of sp³-hybridized carbons (Fsp3) is 0.472. The Morgan fingerprint density at radius 2 is 1.11 bits per heavy atom. The number of nitrogens with one attached hydrogen (secondary N) is 1. The number of hydrogen-bond donors (Lipinski definition) is 1. The fourth-order valence-electron chi connectivity index (χ4n) is 9.56. The van der Waals surface area contributed by atoms with E-state index in [4.69, 9.17) is 0 Å². The highest BCUT2D eigenvalue weighted by Gasteiger charge is 2.57. The molecule has 0 aliphatic heterocycles. The molecule has 0 bridgehead atoms. The SMILES string of the molecule is CC(C)(C)c1cc(P(c2cc(C(C)(C)C)cc(C(C)(C)C)c2)C2(NCCSc3ccccc3)C=CCC3=C2C2(CC3)CCc3ccccc32)cc(C(C)(C)C)c1. The quantitative estimate of drug-likeness (QED) is 0.0827. The first-order valence-corrected chi connectivity index (χ1v) is 23.6. The van der Waals surface area contributed by atoms with Crippen LogP contribution >= 0.6 is 19.7 Å². The van der Waals surface area contributed by atoms with E-state index in [0.29, 0.717) is 0 Å². The standard InChI is InChI=1S/C53H68NPS/c1-48(2,3)39-31-40(49(4,5)6)34-43(33-39)55(44-35-41(50(7,8)9)32-42(36-44)51(10,11)12)53(54-29-30-56-45-21-14-13-15-22-45)26-18-20-38-25-28-52(47(38)53)27-24-37-19-16-17-23-46(37)52/h13-19,21-23,26,31-36,54H,20,24-25,27-30H2,1-12H3. The van der Waals surface area contributed by atoms with Gasteiger partial charge in [0, 0.05) is 22.6 Å². The molecule has 3 heteroatoms. The van der Waals surface area contributed by atoms with Crippen LogP contribution in [0.4, 0.5) is 0 Å². The molecule has 7 rings (SSSR count). The third kappa shape index (κ3) is 7.94. The molecule has 1 nitrogen and oxygen atoms in total. The maximum absolute atomic E-state index is 4.55. The van der Waals surface area contributed by atoms with Gasteiger partial charge >= 0.3 is 0 Å². The second kappa shape index (κ2) is 15.0. The zero-order chi connectivity index (χ0) is 40.3. The number of benzene rings is 4. The second-order valence-electron chi connectivity index (χ2n) is 21.1. The van der Waals surface area contributed by atoms with Crippen LogP contribution in [0, 0.1) is 0 Å². The molecule has 0 heterocycles. The van der Waals surface area contributed by atoms with E-state index >= 15 is 0 Å². The van der Waals surface area contributed by atoms with Crippen LogP contribution in [0.3, 0.4) is 0 Å². The van der Waals surface area contributed by atoms with Gasteiger partial charge < -0.3 is 0 Å². The van der Waals surface area contributed by atoms with E-state index in [2.05, 4.69) is 192 Å². The maximum atomic E-state index is 4.55. The molecule has 1 spiro atoms. The Morgan fingerprint density at radius 1 is 0.607 bits per heavy atom. The lowest BCUT2D eigenvalue weighted by atomic mass is 9.71. The fourth-order valence-corrected chi connectivity index (χ4v) is 13.7. The molecule has 0 fully saturated rings. The van der Waals surface area contributed by atoms with Crippen molar-refractivity contribution in [1.82, 2.24) is 5.32 Å². The molecule has 0 saturated carbocycles. The van der Waals surface area contributed by atoms with Gasteiger partial charge in [-0.2, -0.15) is 0 Å². The minimum absolute atomic E-state index is 0.0135. The van der Waals surface area contributed by atoms with Crippen molar-refractivity contribution in [3.05, 3.63) is 148 Å². The Labute approximate surface area is 346 Å². The molecule has 3 aliphatic rings. The molecule has 296 valence electrons. The summed E-state index contributed by atoms with van der Waals surface area (Å²) in [5, 5.41) is 7.19. The van der Waals surface area contributed by atoms with Crippen LogP contribution in [0.1, 0.15) is 142 Å². The summed E-state index contributed by atoms with van der Waals surface area (Å²) >= 11 is 1.98. The van der Waals surface area contributed by atoms with Gasteiger partial charge in [0.15, 0.2) is 0 Å². The number of thioether (sulfide) groups is 1. The average Bonchev–Trinajstić information content (AvgIpc) is 3.71. The van der Waals surface area contributed by atoms with Crippen molar-refractivity contribution in [2.75, 3.05) is 12.3 Å². The van der Waals surface area contributed by atoms with Crippen LogP contribution in [0.15, 0.2) is 119 Å². The molecule has 4 aromatic rings. The van der Waals surface area contributed by atoms with E-state index in [-0.39, 0.29) is 32.4 Å². The molecular weight excluding hydrogens is 714 g/mol. The molecule has 0 radical (unpaired) electrons. The van der Waals surface area contributed by atoms with Gasteiger partial charge in [-0.3, -0.25) is 5.32 Å². The highest BCUT2D eigenvalue weighted by Crippen LogP contribution is 2.65. The van der Waals surface area contributed by atoms with E-state index < -0.39 is 7.92 Å². The van der Waals surface area contributed by atoms with E-state index in [9.17, 15) is 0 Å². The molecule has 2 unspecified atom stereocenters.